The van der Waals surface area contributed by atoms with E-state index in [1.165, 1.54) is 16.4 Å². The Kier molecular flexibility index (Phi) is 8.60. The molecular weight excluding hydrogens is 484 g/mol. The van der Waals surface area contributed by atoms with Gasteiger partial charge < -0.3 is 10.6 Å². The van der Waals surface area contributed by atoms with Gasteiger partial charge >= 0.3 is 6.18 Å². The highest BCUT2D eigenvalue weighted by molar-refractivity contribution is 14.0. The Bertz CT molecular complexity index is 709. The summed E-state index contributed by atoms with van der Waals surface area (Å²) in [6, 6.07) is 4.87. The topological polar surface area (TPSA) is 73.8 Å². The molecule has 26 heavy (non-hydrogen) atoms. The van der Waals surface area contributed by atoms with Gasteiger partial charge in [-0.25, -0.2) is 12.7 Å². The van der Waals surface area contributed by atoms with Crippen molar-refractivity contribution in [2.45, 2.75) is 19.1 Å². The van der Waals surface area contributed by atoms with Crippen molar-refractivity contribution in [3.63, 3.8) is 0 Å². The van der Waals surface area contributed by atoms with E-state index in [0.717, 1.165) is 12.1 Å². The lowest BCUT2D eigenvalue weighted by Gasteiger charge is -2.16. The summed E-state index contributed by atoms with van der Waals surface area (Å²) in [6.07, 6.45) is -3.71. The van der Waals surface area contributed by atoms with Gasteiger partial charge in [0, 0.05) is 33.2 Å². The molecule has 0 amide bonds. The maximum Gasteiger partial charge on any atom is 0.416 e. The van der Waals surface area contributed by atoms with E-state index in [9.17, 15) is 21.6 Å². The van der Waals surface area contributed by atoms with Crippen molar-refractivity contribution in [3.05, 3.63) is 35.4 Å². The van der Waals surface area contributed by atoms with Gasteiger partial charge in [0.1, 0.15) is 0 Å². The average molecular weight is 506 g/mol. The Balaban J connectivity index is 0.00000338. The molecule has 0 spiro atoms. The van der Waals surface area contributed by atoms with Gasteiger partial charge in [0.05, 0.1) is 11.3 Å². The molecule has 0 aromatic heterocycles. The third-order valence-corrected chi connectivity index (χ3v) is 5.78. The van der Waals surface area contributed by atoms with E-state index in [0.29, 0.717) is 44.1 Å². The fraction of sp³-hybridized carbons (Fsp3) is 0.533. The fourth-order valence-corrected chi connectivity index (χ4v) is 3.99. The molecule has 1 fully saturated rings. The Hall–Kier alpha value is -1.08. The molecule has 1 heterocycles. The highest BCUT2D eigenvalue weighted by atomic mass is 127. The summed E-state index contributed by atoms with van der Waals surface area (Å²) in [7, 11) is -1.56. The molecule has 0 saturated carbocycles. The van der Waals surface area contributed by atoms with E-state index in [1.54, 1.807) is 7.05 Å². The second kappa shape index (κ2) is 9.74. The quantitative estimate of drug-likeness (QED) is 0.364. The zero-order valence-electron chi connectivity index (χ0n) is 14.2. The number of halogens is 4. The summed E-state index contributed by atoms with van der Waals surface area (Å²) in [5.41, 5.74) is -0.0105. The minimum absolute atomic E-state index is 0. The van der Waals surface area contributed by atoms with Gasteiger partial charge in [0.25, 0.3) is 0 Å². The van der Waals surface area contributed by atoms with Crippen molar-refractivity contribution in [2.24, 2.45) is 4.99 Å². The highest BCUT2D eigenvalue weighted by Crippen LogP contribution is 2.29. The molecular formula is C15H22F3IN4O2S. The molecule has 1 aliphatic rings. The first-order valence-corrected chi connectivity index (χ1v) is 9.42. The number of sulfonamides is 1. The third kappa shape index (κ3) is 6.58. The van der Waals surface area contributed by atoms with Crippen LogP contribution in [0.4, 0.5) is 13.2 Å². The smallest absolute Gasteiger partial charge is 0.355 e. The van der Waals surface area contributed by atoms with Crippen LogP contribution >= 0.6 is 24.0 Å². The summed E-state index contributed by atoms with van der Waals surface area (Å²) in [5.74, 6) is 0.643. The molecule has 0 atom stereocenters. The zero-order valence-corrected chi connectivity index (χ0v) is 17.4. The van der Waals surface area contributed by atoms with Gasteiger partial charge in [0.2, 0.25) is 10.0 Å². The summed E-state index contributed by atoms with van der Waals surface area (Å²) in [5, 5.41) is 5.97. The number of nitrogens with one attached hydrogen (secondary N) is 2. The molecule has 1 aromatic carbocycles. The normalized spacial score (nSPS) is 17.6. The predicted molar refractivity (Wildman–Crippen MR) is 105 cm³/mol. The minimum Gasteiger partial charge on any atom is -0.355 e. The molecule has 0 radical (unpaired) electrons. The van der Waals surface area contributed by atoms with Gasteiger partial charge in [-0.1, -0.05) is 12.1 Å². The largest absolute Gasteiger partial charge is 0.416 e. The standard InChI is InChI=1S/C15H21F3N4O2S.HI/c1-19-14(20-7-9-22-8-2-10-25(22,23)24)21-11-12-3-5-13(6-4-12)15(16,17)18;/h3-6H,2,7-11H2,1H3,(H2,19,20,21);1H. The number of nitrogens with zero attached hydrogens (tertiary/aromatic N) is 2. The molecule has 0 aliphatic carbocycles. The molecule has 1 aromatic rings. The number of benzene rings is 1. The van der Waals surface area contributed by atoms with E-state index in [-0.39, 0.29) is 29.7 Å². The maximum absolute atomic E-state index is 12.5. The van der Waals surface area contributed by atoms with Crippen LogP contribution in [0.15, 0.2) is 29.3 Å². The number of rotatable bonds is 5. The number of alkyl halides is 3. The van der Waals surface area contributed by atoms with Crippen LogP contribution in [0.2, 0.25) is 0 Å². The van der Waals surface area contributed by atoms with Crippen LogP contribution in [0, 0.1) is 0 Å². The van der Waals surface area contributed by atoms with Crippen molar-refractivity contribution in [1.29, 1.82) is 0 Å². The van der Waals surface area contributed by atoms with E-state index < -0.39 is 21.8 Å². The van der Waals surface area contributed by atoms with Gasteiger partial charge in [-0.15, -0.1) is 24.0 Å². The Labute approximate surface area is 168 Å². The van der Waals surface area contributed by atoms with Crippen LogP contribution in [-0.2, 0) is 22.7 Å². The molecule has 2 rings (SSSR count). The van der Waals surface area contributed by atoms with Crippen LogP contribution in [0.5, 0.6) is 0 Å². The van der Waals surface area contributed by atoms with E-state index in [1.807, 2.05) is 0 Å². The van der Waals surface area contributed by atoms with Crippen LogP contribution in [0.1, 0.15) is 17.5 Å². The number of hydrogen-bond acceptors (Lipinski definition) is 3. The molecule has 1 aliphatic heterocycles. The predicted octanol–water partition coefficient (Wildman–Crippen LogP) is 2.02. The van der Waals surface area contributed by atoms with Crippen molar-refractivity contribution in [3.8, 4) is 0 Å². The van der Waals surface area contributed by atoms with Crippen LogP contribution in [-0.4, -0.2) is 51.1 Å². The number of aliphatic imine (C=N–C) groups is 1. The van der Waals surface area contributed by atoms with Crippen molar-refractivity contribution < 1.29 is 21.6 Å². The summed E-state index contributed by atoms with van der Waals surface area (Å²) >= 11 is 0. The van der Waals surface area contributed by atoms with Gasteiger partial charge in [0.15, 0.2) is 5.96 Å². The monoisotopic (exact) mass is 506 g/mol. The Morgan fingerprint density at radius 2 is 1.88 bits per heavy atom. The lowest BCUT2D eigenvalue weighted by atomic mass is 10.1. The fourth-order valence-electron chi connectivity index (χ4n) is 2.46. The SMILES string of the molecule is CN=C(NCCN1CCCS1(=O)=O)NCc1ccc(C(F)(F)F)cc1.I. The molecule has 0 unspecified atom stereocenters. The molecule has 6 nitrogen and oxygen atoms in total. The Morgan fingerprint density at radius 1 is 1.23 bits per heavy atom. The third-order valence-electron chi connectivity index (χ3n) is 3.82. The lowest BCUT2D eigenvalue weighted by Crippen LogP contribution is -2.41. The van der Waals surface area contributed by atoms with Crippen molar-refractivity contribution in [1.82, 2.24) is 14.9 Å². The number of hydrogen-bond donors (Lipinski definition) is 2. The summed E-state index contributed by atoms with van der Waals surface area (Å²) < 4.78 is 62.4. The van der Waals surface area contributed by atoms with Crippen LogP contribution in [0.3, 0.4) is 0 Å². The molecule has 0 bridgehead atoms. The van der Waals surface area contributed by atoms with Crippen molar-refractivity contribution in [2.75, 3.05) is 32.4 Å². The first-order valence-electron chi connectivity index (χ1n) is 7.81. The number of guanidine groups is 1. The first kappa shape index (κ1) is 23.0. The second-order valence-corrected chi connectivity index (χ2v) is 7.70. The van der Waals surface area contributed by atoms with Crippen molar-refractivity contribution >= 4 is 40.0 Å². The van der Waals surface area contributed by atoms with E-state index in [4.69, 9.17) is 0 Å². The summed E-state index contributed by atoms with van der Waals surface area (Å²) in [6.45, 7) is 1.58. The van der Waals surface area contributed by atoms with Gasteiger partial charge in [-0.2, -0.15) is 13.2 Å². The highest BCUT2D eigenvalue weighted by Gasteiger charge is 2.30. The Morgan fingerprint density at radius 3 is 2.38 bits per heavy atom. The molecule has 11 heteroatoms. The average Bonchev–Trinajstić information content (AvgIpc) is 2.89. The molecule has 148 valence electrons. The molecule has 2 N–H and O–H groups in total. The van der Waals surface area contributed by atoms with Crippen LogP contribution < -0.4 is 10.6 Å². The van der Waals surface area contributed by atoms with Gasteiger partial charge in [-0.3, -0.25) is 4.99 Å². The van der Waals surface area contributed by atoms with Crippen LogP contribution in [0.25, 0.3) is 0 Å². The van der Waals surface area contributed by atoms with Gasteiger partial charge in [-0.05, 0) is 24.1 Å². The lowest BCUT2D eigenvalue weighted by molar-refractivity contribution is -0.137. The maximum atomic E-state index is 12.5. The summed E-state index contributed by atoms with van der Waals surface area (Å²) in [4.78, 5) is 4.01. The second-order valence-electron chi connectivity index (χ2n) is 5.62. The first-order chi connectivity index (χ1) is 11.7. The molecule has 1 saturated heterocycles. The zero-order chi connectivity index (χ0) is 18.5. The van der Waals surface area contributed by atoms with E-state index in [2.05, 4.69) is 15.6 Å². The van der Waals surface area contributed by atoms with E-state index >= 15 is 0 Å². The minimum atomic E-state index is -4.35.